The van der Waals surface area contributed by atoms with Crippen LogP contribution in [0, 0.1) is 19.8 Å². The largest absolute Gasteiger partial charge is 0.357 e. The average Bonchev–Trinajstić information content (AvgIpc) is 2.83. The van der Waals surface area contributed by atoms with E-state index in [1.807, 2.05) is 19.9 Å². The summed E-state index contributed by atoms with van der Waals surface area (Å²) in [5.74, 6) is -0.669. The molecule has 1 unspecified atom stereocenters. The van der Waals surface area contributed by atoms with Gasteiger partial charge in [-0.2, -0.15) is 0 Å². The molecule has 9 heteroatoms. The molecule has 3 aromatic carbocycles. The van der Waals surface area contributed by atoms with E-state index in [0.29, 0.717) is 27.4 Å². The molecule has 0 heterocycles. The fourth-order valence-electron chi connectivity index (χ4n) is 3.75. The Morgan fingerprint density at radius 2 is 1.56 bits per heavy atom. The van der Waals surface area contributed by atoms with E-state index in [9.17, 15) is 18.0 Å². The van der Waals surface area contributed by atoms with E-state index in [1.54, 1.807) is 68.4 Å². The minimum Gasteiger partial charge on any atom is -0.357 e. The van der Waals surface area contributed by atoms with Gasteiger partial charge in [-0.3, -0.25) is 14.3 Å². The van der Waals surface area contributed by atoms with Crippen molar-refractivity contribution in [2.75, 3.05) is 11.8 Å². The van der Waals surface area contributed by atoms with E-state index in [1.165, 1.54) is 7.05 Å². The third kappa shape index (κ3) is 6.25. The molecule has 0 fully saturated rings. The predicted molar refractivity (Wildman–Crippen MR) is 144 cm³/mol. The van der Waals surface area contributed by atoms with Crippen LogP contribution in [0.15, 0.2) is 65.6 Å². The minimum absolute atomic E-state index is 0.0692. The molecule has 0 aliphatic heterocycles. The molecule has 3 rings (SSSR count). The third-order valence-electron chi connectivity index (χ3n) is 5.82. The highest BCUT2D eigenvalue weighted by atomic mass is 35.5. The van der Waals surface area contributed by atoms with Crippen LogP contribution in [0.5, 0.6) is 0 Å². The zero-order valence-electron chi connectivity index (χ0n) is 20.8. The van der Waals surface area contributed by atoms with Crippen molar-refractivity contribution in [2.45, 2.75) is 38.6 Å². The summed E-state index contributed by atoms with van der Waals surface area (Å²) in [6.45, 7) is 7.18. The van der Waals surface area contributed by atoms with Gasteiger partial charge in [-0.05, 0) is 78.4 Å². The van der Waals surface area contributed by atoms with Crippen molar-refractivity contribution in [3.8, 4) is 11.1 Å². The van der Waals surface area contributed by atoms with Crippen molar-refractivity contribution in [3.05, 3.63) is 82.4 Å². The Balaban J connectivity index is 1.80. The van der Waals surface area contributed by atoms with Crippen LogP contribution in [-0.4, -0.2) is 33.3 Å². The van der Waals surface area contributed by atoms with Crippen molar-refractivity contribution < 1.29 is 18.0 Å². The van der Waals surface area contributed by atoms with Gasteiger partial charge in [0, 0.05) is 23.3 Å². The molecule has 0 radical (unpaired) electrons. The van der Waals surface area contributed by atoms with Gasteiger partial charge in [-0.15, -0.1) is 0 Å². The quantitative estimate of drug-likeness (QED) is 0.386. The lowest BCUT2D eigenvalue weighted by molar-refractivity contribution is -0.123. The number of carbonyl (C=O) groups excluding carboxylic acids is 2. The standard InChI is InChI=1S/C27H30ClN3O4S/c1-16(2)25(27(33)29-5)30-26(32)20-11-9-19(10-12-20)21-7-6-8-22(15-21)31-36(34,35)24-14-17(3)23(28)13-18(24)4/h6-16,25,31H,1-5H3,(H,29,33)(H,30,32). The number of sulfonamides is 1. The van der Waals surface area contributed by atoms with E-state index in [-0.39, 0.29) is 22.6 Å². The van der Waals surface area contributed by atoms with Gasteiger partial charge in [0.2, 0.25) is 5.91 Å². The number of aryl methyl sites for hydroxylation is 2. The molecule has 36 heavy (non-hydrogen) atoms. The number of rotatable bonds is 8. The summed E-state index contributed by atoms with van der Waals surface area (Å²) in [6, 6.07) is 16.5. The Morgan fingerprint density at radius 3 is 2.17 bits per heavy atom. The van der Waals surface area contributed by atoms with Crippen molar-refractivity contribution in [3.63, 3.8) is 0 Å². The van der Waals surface area contributed by atoms with Gasteiger partial charge in [0.15, 0.2) is 0 Å². The lowest BCUT2D eigenvalue weighted by Crippen LogP contribution is -2.48. The molecule has 3 N–H and O–H groups in total. The number of likely N-dealkylation sites (N-methyl/N-ethyl adjacent to an activating group) is 1. The first-order valence-corrected chi connectivity index (χ1v) is 13.3. The number of carbonyl (C=O) groups is 2. The Labute approximate surface area is 217 Å². The summed E-state index contributed by atoms with van der Waals surface area (Å²) in [5, 5.41) is 5.85. The fourth-order valence-corrected chi connectivity index (χ4v) is 5.33. The topological polar surface area (TPSA) is 104 Å². The molecule has 2 amide bonds. The smallest absolute Gasteiger partial charge is 0.262 e. The molecule has 0 spiro atoms. The number of amides is 2. The second-order valence-corrected chi connectivity index (χ2v) is 11.0. The maximum absolute atomic E-state index is 13.0. The Morgan fingerprint density at radius 1 is 0.889 bits per heavy atom. The van der Waals surface area contributed by atoms with Crippen LogP contribution in [0.4, 0.5) is 5.69 Å². The SMILES string of the molecule is CNC(=O)C(NC(=O)c1ccc(-c2cccc(NS(=O)(=O)c3cc(C)c(Cl)cc3C)c2)cc1)C(C)C. The number of nitrogens with one attached hydrogen (secondary N) is 3. The molecule has 0 aliphatic rings. The van der Waals surface area contributed by atoms with Gasteiger partial charge in [0.25, 0.3) is 15.9 Å². The Kier molecular flexibility index (Phi) is 8.43. The molecular weight excluding hydrogens is 498 g/mol. The Hall–Kier alpha value is -3.36. The third-order valence-corrected chi connectivity index (χ3v) is 7.75. The van der Waals surface area contributed by atoms with Gasteiger partial charge in [-0.25, -0.2) is 8.42 Å². The van der Waals surface area contributed by atoms with Gasteiger partial charge >= 0.3 is 0 Å². The molecule has 190 valence electrons. The molecule has 0 aliphatic carbocycles. The Bertz CT molecular complexity index is 1390. The normalized spacial score (nSPS) is 12.2. The van der Waals surface area contributed by atoms with Crippen LogP contribution in [0.25, 0.3) is 11.1 Å². The highest BCUT2D eigenvalue weighted by Gasteiger charge is 2.23. The monoisotopic (exact) mass is 527 g/mol. The summed E-state index contributed by atoms with van der Waals surface area (Å²) in [4.78, 5) is 24.9. The van der Waals surface area contributed by atoms with Crippen LogP contribution < -0.4 is 15.4 Å². The van der Waals surface area contributed by atoms with Crippen LogP contribution in [0.2, 0.25) is 5.02 Å². The summed E-state index contributed by atoms with van der Waals surface area (Å²) in [7, 11) is -2.29. The molecule has 0 saturated carbocycles. The van der Waals surface area contributed by atoms with Gasteiger partial charge in [0.05, 0.1) is 4.90 Å². The van der Waals surface area contributed by atoms with Gasteiger partial charge < -0.3 is 10.6 Å². The van der Waals surface area contributed by atoms with E-state index < -0.39 is 16.1 Å². The van der Waals surface area contributed by atoms with Crippen molar-refractivity contribution in [2.24, 2.45) is 5.92 Å². The van der Waals surface area contributed by atoms with Crippen LogP contribution >= 0.6 is 11.6 Å². The maximum Gasteiger partial charge on any atom is 0.262 e. The highest BCUT2D eigenvalue weighted by molar-refractivity contribution is 7.92. The minimum atomic E-state index is -3.82. The first-order valence-electron chi connectivity index (χ1n) is 11.5. The van der Waals surface area contributed by atoms with Crippen LogP contribution in [-0.2, 0) is 14.8 Å². The van der Waals surface area contributed by atoms with Crippen molar-refractivity contribution >= 4 is 39.1 Å². The lowest BCUT2D eigenvalue weighted by atomic mass is 10.0. The fraction of sp³-hybridized carbons (Fsp3) is 0.259. The average molecular weight is 528 g/mol. The molecule has 0 saturated heterocycles. The molecule has 0 aromatic heterocycles. The van der Waals surface area contributed by atoms with Gasteiger partial charge in [0.1, 0.15) is 6.04 Å². The zero-order valence-corrected chi connectivity index (χ0v) is 22.4. The van der Waals surface area contributed by atoms with Crippen molar-refractivity contribution in [1.29, 1.82) is 0 Å². The number of halogens is 1. The molecule has 7 nitrogen and oxygen atoms in total. The van der Waals surface area contributed by atoms with E-state index in [4.69, 9.17) is 11.6 Å². The molecule has 1 atom stereocenters. The molecule has 3 aromatic rings. The highest BCUT2D eigenvalue weighted by Crippen LogP contribution is 2.28. The van der Waals surface area contributed by atoms with Crippen LogP contribution in [0.1, 0.15) is 35.3 Å². The number of hydrogen-bond acceptors (Lipinski definition) is 4. The summed E-state index contributed by atoms with van der Waals surface area (Å²) >= 11 is 6.12. The van der Waals surface area contributed by atoms with E-state index >= 15 is 0 Å². The second kappa shape index (κ2) is 11.1. The number of anilines is 1. The first-order chi connectivity index (χ1) is 16.9. The maximum atomic E-state index is 13.0. The molecular formula is C27H30ClN3O4S. The number of benzene rings is 3. The van der Waals surface area contributed by atoms with Crippen LogP contribution in [0.3, 0.4) is 0 Å². The van der Waals surface area contributed by atoms with E-state index in [0.717, 1.165) is 11.1 Å². The molecule has 0 bridgehead atoms. The second-order valence-electron chi connectivity index (χ2n) is 8.94. The zero-order chi connectivity index (χ0) is 26.6. The predicted octanol–water partition coefficient (Wildman–Crippen LogP) is 4.93. The number of hydrogen-bond donors (Lipinski definition) is 3. The lowest BCUT2D eigenvalue weighted by Gasteiger charge is -2.20. The first kappa shape index (κ1) is 27.2. The summed E-state index contributed by atoms with van der Waals surface area (Å²) < 4.78 is 28.7. The van der Waals surface area contributed by atoms with E-state index in [2.05, 4.69) is 15.4 Å². The summed E-state index contributed by atoms with van der Waals surface area (Å²) in [5.41, 5.74) is 3.63. The van der Waals surface area contributed by atoms with Gasteiger partial charge in [-0.1, -0.05) is 49.7 Å². The van der Waals surface area contributed by atoms with Crippen molar-refractivity contribution in [1.82, 2.24) is 10.6 Å². The summed E-state index contributed by atoms with van der Waals surface area (Å²) in [6.07, 6.45) is 0.